The fourth-order valence-corrected chi connectivity index (χ4v) is 4.14. The van der Waals surface area contributed by atoms with Crippen LogP contribution in [0.5, 0.6) is 0 Å². The largest absolute Gasteiger partial charge is 0.510 e. The summed E-state index contributed by atoms with van der Waals surface area (Å²) in [5.41, 5.74) is 2.34. The molecular weight excluding hydrogens is 412 g/mol. The van der Waals surface area contributed by atoms with E-state index in [2.05, 4.69) is 20.2 Å². The average molecular weight is 433 g/mol. The number of H-pyrrole nitrogens is 2. The molecule has 8 nitrogen and oxygen atoms in total. The molecule has 2 heterocycles. The number of fused-ring (bicyclic) bond motifs is 1. The van der Waals surface area contributed by atoms with E-state index in [1.807, 2.05) is 60.7 Å². The Labute approximate surface area is 182 Å². The molecule has 0 spiro atoms. The zero-order chi connectivity index (χ0) is 21.8. The van der Waals surface area contributed by atoms with E-state index >= 15 is 0 Å². The monoisotopic (exact) mass is 432 g/mol. The molecule has 156 valence electrons. The highest BCUT2D eigenvalue weighted by Crippen LogP contribution is 2.29. The standard InChI is InChI=1S/C22H20N6O2S/c1-14(19(29)16(13-23)20-24-17-9-5-6-10-18(17)25-20)31-22-27-26-21(30)28(22)12-11-15-7-3-2-4-8-15/h2-10,14,29H,11-12H2,1H3,(H,24,25)(H,26,30)/b19-16-. The highest BCUT2D eigenvalue weighted by atomic mass is 32.2. The number of nitriles is 1. The van der Waals surface area contributed by atoms with Gasteiger partial charge >= 0.3 is 5.69 Å². The first-order chi connectivity index (χ1) is 15.1. The third kappa shape index (κ3) is 4.39. The van der Waals surface area contributed by atoms with Crippen molar-refractivity contribution in [3.8, 4) is 6.07 Å². The molecule has 0 fully saturated rings. The Kier molecular flexibility index (Phi) is 5.91. The molecule has 0 saturated carbocycles. The SMILES string of the molecule is CC(Sc1n[nH]c(=O)n1CCc1ccccc1)/C(O)=C(\C#N)c1nc2ccccc2[nH]1. The van der Waals surface area contributed by atoms with Gasteiger partial charge in [-0.15, -0.1) is 5.10 Å². The number of hydrogen-bond acceptors (Lipinski definition) is 6. The molecule has 4 aromatic rings. The van der Waals surface area contributed by atoms with E-state index in [0.717, 1.165) is 11.1 Å². The van der Waals surface area contributed by atoms with Crippen molar-refractivity contribution in [2.24, 2.45) is 0 Å². The maximum absolute atomic E-state index is 12.2. The number of aliphatic hydroxyl groups excluding tert-OH is 1. The Morgan fingerprint density at radius 2 is 1.97 bits per heavy atom. The fourth-order valence-electron chi connectivity index (χ4n) is 3.20. The van der Waals surface area contributed by atoms with Crippen molar-refractivity contribution in [1.82, 2.24) is 24.7 Å². The van der Waals surface area contributed by atoms with Gasteiger partial charge in [-0.05, 0) is 31.0 Å². The lowest BCUT2D eigenvalue weighted by Crippen LogP contribution is -2.19. The summed E-state index contributed by atoms with van der Waals surface area (Å²) in [5.74, 6) is 0.175. The van der Waals surface area contributed by atoms with Crippen molar-refractivity contribution >= 4 is 28.4 Å². The van der Waals surface area contributed by atoms with Crippen molar-refractivity contribution < 1.29 is 5.11 Å². The molecular formula is C22H20N6O2S. The third-order valence-corrected chi connectivity index (χ3v) is 5.95. The second kappa shape index (κ2) is 8.93. The van der Waals surface area contributed by atoms with Gasteiger partial charge in [0.05, 0.1) is 16.3 Å². The van der Waals surface area contributed by atoms with Crippen molar-refractivity contribution in [1.29, 1.82) is 5.26 Å². The second-order valence-electron chi connectivity index (χ2n) is 6.93. The highest BCUT2D eigenvalue weighted by Gasteiger charge is 2.21. The molecule has 0 bridgehead atoms. The smallest absolute Gasteiger partial charge is 0.343 e. The van der Waals surface area contributed by atoms with Gasteiger partial charge in [-0.25, -0.2) is 14.9 Å². The number of allylic oxidation sites excluding steroid dienone is 1. The van der Waals surface area contributed by atoms with Gasteiger partial charge in [0.25, 0.3) is 0 Å². The number of thioether (sulfide) groups is 1. The van der Waals surface area contributed by atoms with Crippen molar-refractivity contribution in [2.75, 3.05) is 0 Å². The first-order valence-electron chi connectivity index (χ1n) is 9.71. The van der Waals surface area contributed by atoms with Crippen molar-refractivity contribution in [2.45, 2.75) is 30.3 Å². The normalized spacial score (nSPS) is 13.0. The van der Waals surface area contributed by atoms with Gasteiger partial charge in [-0.1, -0.05) is 54.2 Å². The van der Waals surface area contributed by atoms with Gasteiger partial charge in [0.15, 0.2) is 11.0 Å². The quantitative estimate of drug-likeness (QED) is 0.233. The van der Waals surface area contributed by atoms with Crippen LogP contribution in [0.25, 0.3) is 16.6 Å². The minimum absolute atomic E-state index is 0.0601. The Bertz CT molecular complexity index is 1300. The maximum Gasteiger partial charge on any atom is 0.343 e. The first kappa shape index (κ1) is 20.5. The number of aromatic amines is 2. The van der Waals surface area contributed by atoms with E-state index in [0.29, 0.717) is 29.5 Å². The van der Waals surface area contributed by atoms with Crippen LogP contribution in [-0.2, 0) is 13.0 Å². The molecule has 2 aromatic heterocycles. The van der Waals surface area contributed by atoms with E-state index < -0.39 is 5.25 Å². The predicted molar refractivity (Wildman–Crippen MR) is 120 cm³/mol. The van der Waals surface area contributed by atoms with Crippen LogP contribution in [0.1, 0.15) is 18.3 Å². The summed E-state index contributed by atoms with van der Waals surface area (Å²) < 4.78 is 1.54. The van der Waals surface area contributed by atoms with Crippen LogP contribution < -0.4 is 5.69 Å². The summed E-state index contributed by atoms with van der Waals surface area (Å²) in [6, 6.07) is 19.3. The Morgan fingerprint density at radius 1 is 1.23 bits per heavy atom. The minimum Gasteiger partial charge on any atom is -0.510 e. The number of hydrogen-bond donors (Lipinski definition) is 3. The highest BCUT2D eigenvalue weighted by molar-refractivity contribution is 7.99. The van der Waals surface area contributed by atoms with Crippen LogP contribution in [0.3, 0.4) is 0 Å². The lowest BCUT2D eigenvalue weighted by molar-refractivity contribution is 0.401. The van der Waals surface area contributed by atoms with Gasteiger partial charge < -0.3 is 10.1 Å². The van der Waals surface area contributed by atoms with Crippen molar-refractivity contribution in [3.05, 3.63) is 82.2 Å². The number of imidazole rings is 1. The van der Waals surface area contributed by atoms with E-state index in [9.17, 15) is 15.2 Å². The lowest BCUT2D eigenvalue weighted by atomic mass is 10.1. The van der Waals surface area contributed by atoms with E-state index in [1.54, 1.807) is 6.92 Å². The van der Waals surface area contributed by atoms with E-state index in [1.165, 1.54) is 16.3 Å². The van der Waals surface area contributed by atoms with E-state index in [-0.39, 0.29) is 17.0 Å². The third-order valence-electron chi connectivity index (χ3n) is 4.85. The molecule has 9 heteroatoms. The van der Waals surface area contributed by atoms with Gasteiger partial charge in [-0.2, -0.15) is 5.26 Å². The number of benzene rings is 2. The minimum atomic E-state index is -0.520. The molecule has 0 radical (unpaired) electrons. The molecule has 1 atom stereocenters. The average Bonchev–Trinajstić information content (AvgIpc) is 3.36. The van der Waals surface area contributed by atoms with Gasteiger partial charge in [-0.3, -0.25) is 4.57 Å². The Balaban J connectivity index is 1.56. The second-order valence-corrected chi connectivity index (χ2v) is 8.24. The van der Waals surface area contributed by atoms with E-state index in [4.69, 9.17) is 0 Å². The van der Waals surface area contributed by atoms with Gasteiger partial charge in [0.2, 0.25) is 0 Å². The molecule has 4 rings (SSSR count). The van der Waals surface area contributed by atoms with Crippen LogP contribution in [0, 0.1) is 11.3 Å². The molecule has 31 heavy (non-hydrogen) atoms. The van der Waals surface area contributed by atoms with Gasteiger partial charge in [0, 0.05) is 6.54 Å². The number of aromatic nitrogens is 5. The van der Waals surface area contributed by atoms with Crippen LogP contribution in [-0.4, -0.2) is 35.1 Å². The molecule has 0 aliphatic heterocycles. The maximum atomic E-state index is 12.2. The Morgan fingerprint density at radius 3 is 2.71 bits per heavy atom. The number of rotatable bonds is 7. The fraction of sp³-hybridized carbons (Fsp3) is 0.182. The Hall–Kier alpha value is -3.77. The molecule has 0 aliphatic rings. The topological polar surface area (TPSA) is 123 Å². The molecule has 0 amide bonds. The number of para-hydroxylation sites is 2. The number of nitrogens with zero attached hydrogens (tertiary/aromatic N) is 4. The predicted octanol–water partition coefficient (Wildman–Crippen LogP) is 3.66. The summed E-state index contributed by atoms with van der Waals surface area (Å²) in [7, 11) is 0. The van der Waals surface area contributed by atoms with Crippen molar-refractivity contribution in [3.63, 3.8) is 0 Å². The summed E-state index contributed by atoms with van der Waals surface area (Å²) in [4.78, 5) is 19.7. The summed E-state index contributed by atoms with van der Waals surface area (Å²) in [5, 5.41) is 26.9. The van der Waals surface area contributed by atoms with Crippen LogP contribution in [0.4, 0.5) is 0 Å². The zero-order valence-electron chi connectivity index (χ0n) is 16.7. The molecule has 2 aromatic carbocycles. The molecule has 0 aliphatic carbocycles. The van der Waals surface area contributed by atoms with Gasteiger partial charge in [0.1, 0.15) is 17.4 Å². The number of aryl methyl sites for hydroxylation is 1. The first-order valence-corrected chi connectivity index (χ1v) is 10.6. The number of nitrogens with one attached hydrogen (secondary N) is 2. The van der Waals surface area contributed by atoms with Crippen LogP contribution >= 0.6 is 11.8 Å². The zero-order valence-corrected chi connectivity index (χ0v) is 17.6. The summed E-state index contributed by atoms with van der Waals surface area (Å²) in [6.07, 6.45) is 0.673. The van der Waals surface area contributed by atoms with Crippen LogP contribution in [0.2, 0.25) is 0 Å². The molecule has 0 saturated heterocycles. The van der Waals surface area contributed by atoms with Crippen LogP contribution in [0.15, 0.2) is 70.3 Å². The summed E-state index contributed by atoms with van der Waals surface area (Å²) in [6.45, 7) is 2.20. The summed E-state index contributed by atoms with van der Waals surface area (Å²) >= 11 is 1.20. The molecule has 1 unspecified atom stereocenters. The molecule has 3 N–H and O–H groups in total. The lowest BCUT2D eigenvalue weighted by Gasteiger charge is -2.12. The number of aliphatic hydroxyl groups is 1.